The van der Waals surface area contributed by atoms with Gasteiger partial charge in [0, 0.05) is 17.1 Å². The van der Waals surface area contributed by atoms with Crippen LogP contribution in [0.25, 0.3) is 0 Å². The van der Waals surface area contributed by atoms with E-state index in [9.17, 15) is 9.50 Å². The number of aliphatic hydroxyl groups excluding tert-OH is 1. The zero-order chi connectivity index (χ0) is 12.0. The quantitative estimate of drug-likeness (QED) is 0.756. The van der Waals surface area contributed by atoms with Crippen LogP contribution in [0.3, 0.4) is 0 Å². The highest BCUT2D eigenvalue weighted by Crippen LogP contribution is 2.14. The van der Waals surface area contributed by atoms with Gasteiger partial charge in [0.25, 0.3) is 0 Å². The first-order valence-electron chi connectivity index (χ1n) is 5.46. The summed E-state index contributed by atoms with van der Waals surface area (Å²) in [5.41, 5.74) is 0.593. The Labute approximate surface area is 100 Å². The molecule has 0 heterocycles. The first-order valence-corrected chi connectivity index (χ1v) is 5.84. The molecule has 0 saturated carbocycles. The molecule has 0 aliphatic rings. The van der Waals surface area contributed by atoms with Crippen molar-refractivity contribution in [3.05, 3.63) is 34.6 Å². The minimum atomic E-state index is -0.295. The molecule has 1 aromatic rings. The van der Waals surface area contributed by atoms with Crippen LogP contribution in [0.2, 0.25) is 5.02 Å². The highest BCUT2D eigenvalue weighted by molar-refractivity contribution is 6.30. The van der Waals surface area contributed by atoms with Gasteiger partial charge in [-0.3, -0.25) is 0 Å². The van der Waals surface area contributed by atoms with Crippen LogP contribution < -0.4 is 5.32 Å². The first-order chi connectivity index (χ1) is 7.63. The molecule has 0 spiro atoms. The molecular weight excluding hydrogens is 229 g/mol. The second-order valence-corrected chi connectivity index (χ2v) is 4.20. The van der Waals surface area contributed by atoms with Crippen molar-refractivity contribution in [3.8, 4) is 0 Å². The third kappa shape index (κ3) is 4.47. The molecule has 0 amide bonds. The van der Waals surface area contributed by atoms with E-state index in [4.69, 9.17) is 11.6 Å². The molecule has 0 bridgehead atoms. The van der Waals surface area contributed by atoms with Gasteiger partial charge in [0.15, 0.2) is 0 Å². The molecule has 4 heteroatoms. The maximum Gasteiger partial charge on any atom is 0.129 e. The van der Waals surface area contributed by atoms with Crippen LogP contribution in [0.5, 0.6) is 0 Å². The fourth-order valence-electron chi connectivity index (χ4n) is 1.36. The molecule has 2 nitrogen and oxygen atoms in total. The Bertz CT molecular complexity index is 333. The van der Waals surface area contributed by atoms with E-state index in [0.29, 0.717) is 30.1 Å². The monoisotopic (exact) mass is 245 g/mol. The molecule has 16 heavy (non-hydrogen) atoms. The number of benzene rings is 1. The Balaban J connectivity index is 2.32. The number of aliphatic hydroxyl groups is 1. The van der Waals surface area contributed by atoms with Crippen molar-refractivity contribution in [1.82, 2.24) is 5.32 Å². The van der Waals surface area contributed by atoms with Gasteiger partial charge >= 0.3 is 0 Å². The first kappa shape index (κ1) is 13.4. The van der Waals surface area contributed by atoms with Crippen molar-refractivity contribution in [2.24, 2.45) is 0 Å². The van der Waals surface area contributed by atoms with Crippen LogP contribution in [-0.4, -0.2) is 17.8 Å². The van der Waals surface area contributed by atoms with Gasteiger partial charge in [-0.05, 0) is 31.5 Å². The van der Waals surface area contributed by atoms with E-state index in [2.05, 4.69) is 5.32 Å². The summed E-state index contributed by atoms with van der Waals surface area (Å²) in [5, 5.41) is 12.8. The smallest absolute Gasteiger partial charge is 0.129 e. The molecule has 1 aromatic carbocycles. The zero-order valence-electron chi connectivity index (χ0n) is 9.34. The lowest BCUT2D eigenvalue weighted by Gasteiger charge is -2.09. The standard InChI is InChI=1S/C12H17ClFNO/c1-2-11(16)5-6-15-8-9-3-4-10(13)7-12(9)14/h3-4,7,11,15-16H,2,5-6,8H2,1H3. The normalized spacial score (nSPS) is 12.8. The Morgan fingerprint density at radius 3 is 2.88 bits per heavy atom. The molecule has 0 aliphatic heterocycles. The van der Waals surface area contributed by atoms with E-state index < -0.39 is 0 Å². The average molecular weight is 246 g/mol. The molecule has 0 aromatic heterocycles. The molecule has 2 N–H and O–H groups in total. The molecule has 0 saturated heterocycles. The maximum absolute atomic E-state index is 13.3. The number of hydrogen-bond donors (Lipinski definition) is 2. The van der Waals surface area contributed by atoms with Crippen molar-refractivity contribution < 1.29 is 9.50 Å². The van der Waals surface area contributed by atoms with Crippen LogP contribution in [0, 0.1) is 5.82 Å². The third-order valence-corrected chi connectivity index (χ3v) is 2.69. The van der Waals surface area contributed by atoms with Gasteiger partial charge in [-0.2, -0.15) is 0 Å². The maximum atomic E-state index is 13.3. The molecule has 90 valence electrons. The minimum absolute atomic E-state index is 0.275. The summed E-state index contributed by atoms with van der Waals surface area (Å²) in [7, 11) is 0. The summed E-state index contributed by atoms with van der Waals surface area (Å²) in [4.78, 5) is 0. The van der Waals surface area contributed by atoms with E-state index in [1.807, 2.05) is 6.92 Å². The van der Waals surface area contributed by atoms with E-state index in [1.165, 1.54) is 6.07 Å². The van der Waals surface area contributed by atoms with Crippen LogP contribution in [0.4, 0.5) is 4.39 Å². The topological polar surface area (TPSA) is 32.3 Å². The molecule has 0 aliphatic carbocycles. The van der Waals surface area contributed by atoms with Crippen molar-refractivity contribution in [2.75, 3.05) is 6.54 Å². The van der Waals surface area contributed by atoms with Crippen LogP contribution in [-0.2, 0) is 6.54 Å². The van der Waals surface area contributed by atoms with Crippen LogP contribution >= 0.6 is 11.6 Å². The molecule has 1 rings (SSSR count). The lowest BCUT2D eigenvalue weighted by atomic mass is 10.2. The summed E-state index contributed by atoms with van der Waals surface area (Å²) in [6, 6.07) is 4.64. The fourth-order valence-corrected chi connectivity index (χ4v) is 1.52. The average Bonchev–Trinajstić information content (AvgIpc) is 2.26. The second-order valence-electron chi connectivity index (χ2n) is 3.76. The predicted molar refractivity (Wildman–Crippen MR) is 64.0 cm³/mol. The largest absolute Gasteiger partial charge is 0.393 e. The van der Waals surface area contributed by atoms with Crippen molar-refractivity contribution in [1.29, 1.82) is 0 Å². The lowest BCUT2D eigenvalue weighted by molar-refractivity contribution is 0.159. The Hall–Kier alpha value is -0.640. The summed E-state index contributed by atoms with van der Waals surface area (Å²) in [6.07, 6.45) is 1.16. The summed E-state index contributed by atoms with van der Waals surface area (Å²) in [5.74, 6) is -0.295. The van der Waals surface area contributed by atoms with E-state index in [1.54, 1.807) is 12.1 Å². The second kappa shape index (κ2) is 6.84. The highest BCUT2D eigenvalue weighted by Gasteiger charge is 2.03. The molecule has 0 fully saturated rings. The number of halogens is 2. The van der Waals surface area contributed by atoms with Crippen LogP contribution in [0.1, 0.15) is 25.3 Å². The van der Waals surface area contributed by atoms with Gasteiger partial charge < -0.3 is 10.4 Å². The van der Waals surface area contributed by atoms with E-state index >= 15 is 0 Å². The zero-order valence-corrected chi connectivity index (χ0v) is 10.1. The van der Waals surface area contributed by atoms with Gasteiger partial charge in [0.2, 0.25) is 0 Å². The lowest BCUT2D eigenvalue weighted by Crippen LogP contribution is -2.20. The number of rotatable bonds is 6. The summed E-state index contributed by atoms with van der Waals surface area (Å²) < 4.78 is 13.3. The molecular formula is C12H17ClFNO. The van der Waals surface area contributed by atoms with Crippen molar-refractivity contribution in [3.63, 3.8) is 0 Å². The predicted octanol–water partition coefficient (Wildman–Crippen LogP) is 2.73. The summed E-state index contributed by atoms with van der Waals surface area (Å²) in [6.45, 7) is 3.07. The van der Waals surface area contributed by atoms with Crippen molar-refractivity contribution in [2.45, 2.75) is 32.4 Å². The molecule has 0 radical (unpaired) electrons. The van der Waals surface area contributed by atoms with Crippen molar-refractivity contribution >= 4 is 11.6 Å². The summed E-state index contributed by atoms with van der Waals surface area (Å²) >= 11 is 5.65. The van der Waals surface area contributed by atoms with Gasteiger partial charge in [-0.15, -0.1) is 0 Å². The number of hydrogen-bond acceptors (Lipinski definition) is 2. The van der Waals surface area contributed by atoms with E-state index in [-0.39, 0.29) is 11.9 Å². The van der Waals surface area contributed by atoms with Gasteiger partial charge in [-0.25, -0.2) is 4.39 Å². The minimum Gasteiger partial charge on any atom is -0.393 e. The Morgan fingerprint density at radius 2 is 2.25 bits per heavy atom. The third-order valence-electron chi connectivity index (χ3n) is 2.46. The SMILES string of the molecule is CCC(O)CCNCc1ccc(Cl)cc1F. The fraction of sp³-hybridized carbons (Fsp3) is 0.500. The van der Waals surface area contributed by atoms with Gasteiger partial charge in [-0.1, -0.05) is 24.6 Å². The van der Waals surface area contributed by atoms with Gasteiger partial charge in [0.1, 0.15) is 5.82 Å². The molecule has 1 unspecified atom stereocenters. The van der Waals surface area contributed by atoms with Gasteiger partial charge in [0.05, 0.1) is 6.10 Å². The van der Waals surface area contributed by atoms with Crippen LogP contribution in [0.15, 0.2) is 18.2 Å². The number of nitrogens with one attached hydrogen (secondary N) is 1. The van der Waals surface area contributed by atoms with E-state index in [0.717, 1.165) is 6.42 Å². The molecule has 1 atom stereocenters. The Morgan fingerprint density at radius 1 is 1.50 bits per heavy atom. The Kier molecular flexibility index (Phi) is 5.74. The highest BCUT2D eigenvalue weighted by atomic mass is 35.5.